The Hall–Kier alpha value is -1.38. The van der Waals surface area contributed by atoms with E-state index in [1.807, 2.05) is 12.1 Å². The molecule has 0 saturated carbocycles. The number of pyridine rings is 1. The molecule has 0 amide bonds. The Labute approximate surface area is 119 Å². The quantitative estimate of drug-likeness (QED) is 0.869. The number of nitrogens with zero attached hydrogens (tertiary/aromatic N) is 1. The van der Waals surface area contributed by atoms with Crippen LogP contribution in [0.15, 0.2) is 48.8 Å². The van der Waals surface area contributed by atoms with Crippen LogP contribution in [-0.4, -0.2) is 18.1 Å². The van der Waals surface area contributed by atoms with Crippen molar-refractivity contribution in [3.63, 3.8) is 0 Å². The van der Waals surface area contributed by atoms with Crippen molar-refractivity contribution in [3.8, 4) is 0 Å². The average Bonchev–Trinajstić information content (AvgIpc) is 2.46. The minimum Gasteiger partial charge on any atom is -0.316 e. The summed E-state index contributed by atoms with van der Waals surface area (Å²) in [5.74, 6) is 0.432. The number of nitrogens with one attached hydrogen (secondary N) is 1. The van der Waals surface area contributed by atoms with E-state index in [2.05, 4.69) is 41.5 Å². The van der Waals surface area contributed by atoms with Crippen LogP contribution in [0, 0.1) is 0 Å². The first-order valence-electron chi connectivity index (χ1n) is 6.65. The molecular formula is C16H19ClN2. The van der Waals surface area contributed by atoms with Crippen molar-refractivity contribution in [2.75, 3.05) is 13.1 Å². The van der Waals surface area contributed by atoms with Crippen LogP contribution in [0.5, 0.6) is 0 Å². The molecule has 2 aromatic rings. The summed E-state index contributed by atoms with van der Waals surface area (Å²) >= 11 is 6.21. The van der Waals surface area contributed by atoms with Crippen molar-refractivity contribution in [1.82, 2.24) is 10.3 Å². The van der Waals surface area contributed by atoms with Crippen LogP contribution < -0.4 is 5.32 Å². The number of benzene rings is 1. The molecule has 0 radical (unpaired) electrons. The first kappa shape index (κ1) is 14.0. The van der Waals surface area contributed by atoms with Gasteiger partial charge in [0.2, 0.25) is 0 Å². The fourth-order valence-electron chi connectivity index (χ4n) is 2.19. The van der Waals surface area contributed by atoms with E-state index in [0.29, 0.717) is 5.92 Å². The van der Waals surface area contributed by atoms with Crippen molar-refractivity contribution in [1.29, 1.82) is 0 Å². The molecule has 0 aliphatic carbocycles. The number of aromatic nitrogens is 1. The molecule has 0 saturated heterocycles. The number of hydrogen-bond acceptors (Lipinski definition) is 2. The maximum atomic E-state index is 6.21. The van der Waals surface area contributed by atoms with Crippen LogP contribution in [0.25, 0.3) is 0 Å². The molecule has 2 rings (SSSR count). The van der Waals surface area contributed by atoms with Crippen LogP contribution in [0.4, 0.5) is 0 Å². The average molecular weight is 275 g/mol. The zero-order valence-corrected chi connectivity index (χ0v) is 11.9. The zero-order valence-electron chi connectivity index (χ0n) is 11.1. The maximum Gasteiger partial charge on any atom is 0.0621 e. The molecule has 0 bridgehead atoms. The summed E-state index contributed by atoms with van der Waals surface area (Å²) in [6, 6.07) is 12.6. The Morgan fingerprint density at radius 3 is 2.68 bits per heavy atom. The van der Waals surface area contributed by atoms with Crippen LogP contribution in [0.2, 0.25) is 5.02 Å². The highest BCUT2D eigenvalue weighted by atomic mass is 35.5. The van der Waals surface area contributed by atoms with Gasteiger partial charge in [-0.15, -0.1) is 0 Å². The van der Waals surface area contributed by atoms with Gasteiger partial charge in [-0.1, -0.05) is 48.9 Å². The van der Waals surface area contributed by atoms with E-state index in [-0.39, 0.29) is 0 Å². The molecule has 1 unspecified atom stereocenters. The summed E-state index contributed by atoms with van der Waals surface area (Å²) in [6.45, 7) is 4.06. The second-order valence-electron chi connectivity index (χ2n) is 4.59. The van der Waals surface area contributed by atoms with Crippen molar-refractivity contribution in [2.45, 2.75) is 19.3 Å². The van der Waals surface area contributed by atoms with Gasteiger partial charge in [-0.3, -0.25) is 4.98 Å². The normalized spacial score (nSPS) is 12.3. The van der Waals surface area contributed by atoms with Crippen molar-refractivity contribution < 1.29 is 0 Å². The van der Waals surface area contributed by atoms with Crippen LogP contribution in [0.1, 0.15) is 24.0 Å². The van der Waals surface area contributed by atoms with E-state index in [9.17, 15) is 0 Å². The lowest BCUT2D eigenvalue weighted by Gasteiger charge is -2.18. The lowest BCUT2D eigenvalue weighted by Crippen LogP contribution is -2.22. The van der Waals surface area contributed by atoms with Crippen LogP contribution in [0.3, 0.4) is 0 Å². The van der Waals surface area contributed by atoms with Gasteiger partial charge in [0, 0.05) is 24.9 Å². The van der Waals surface area contributed by atoms with Crippen molar-refractivity contribution in [2.24, 2.45) is 0 Å². The molecule has 0 aliphatic rings. The van der Waals surface area contributed by atoms with E-state index in [1.165, 1.54) is 5.56 Å². The fraction of sp³-hybridized carbons (Fsp3) is 0.312. The van der Waals surface area contributed by atoms with E-state index in [1.54, 1.807) is 12.4 Å². The number of likely N-dealkylation sites (N-methyl/N-ethyl adjacent to an activating group) is 1. The monoisotopic (exact) mass is 274 g/mol. The van der Waals surface area contributed by atoms with Gasteiger partial charge in [-0.05, 0) is 30.2 Å². The molecule has 0 aliphatic heterocycles. The molecule has 2 nitrogen and oxygen atoms in total. The Morgan fingerprint density at radius 1 is 1.21 bits per heavy atom. The van der Waals surface area contributed by atoms with E-state index in [4.69, 9.17) is 11.6 Å². The summed E-state index contributed by atoms with van der Waals surface area (Å²) < 4.78 is 0. The predicted molar refractivity (Wildman–Crippen MR) is 80.7 cm³/mol. The predicted octanol–water partition coefficient (Wildman–Crippen LogP) is 3.67. The minimum atomic E-state index is 0.432. The fourth-order valence-corrected chi connectivity index (χ4v) is 2.38. The molecule has 1 heterocycles. The first-order valence-corrected chi connectivity index (χ1v) is 7.03. The molecule has 1 atom stereocenters. The van der Waals surface area contributed by atoms with E-state index in [0.717, 1.165) is 30.1 Å². The second-order valence-corrected chi connectivity index (χ2v) is 4.99. The van der Waals surface area contributed by atoms with Gasteiger partial charge in [0.05, 0.1) is 5.02 Å². The summed E-state index contributed by atoms with van der Waals surface area (Å²) in [5.41, 5.74) is 2.50. The van der Waals surface area contributed by atoms with Crippen molar-refractivity contribution >= 4 is 11.6 Å². The molecule has 0 spiro atoms. The Kier molecular flexibility index (Phi) is 5.37. The standard InChI is InChI=1S/C16H19ClN2/c1-2-18-11-15(13-6-4-3-5-7-13)10-14-8-9-19-12-16(14)17/h3-9,12,15,18H,2,10-11H2,1H3. The topological polar surface area (TPSA) is 24.9 Å². The molecule has 1 N–H and O–H groups in total. The number of halogens is 1. The summed E-state index contributed by atoms with van der Waals surface area (Å²) in [7, 11) is 0. The molecule has 100 valence electrons. The third-order valence-electron chi connectivity index (χ3n) is 3.23. The minimum absolute atomic E-state index is 0.432. The highest BCUT2D eigenvalue weighted by Gasteiger charge is 2.13. The lowest BCUT2D eigenvalue weighted by atomic mass is 9.92. The highest BCUT2D eigenvalue weighted by Crippen LogP contribution is 2.24. The highest BCUT2D eigenvalue weighted by molar-refractivity contribution is 6.31. The van der Waals surface area contributed by atoms with Gasteiger partial charge < -0.3 is 5.32 Å². The smallest absolute Gasteiger partial charge is 0.0621 e. The van der Waals surface area contributed by atoms with E-state index >= 15 is 0 Å². The summed E-state index contributed by atoms with van der Waals surface area (Å²) in [6.07, 6.45) is 4.45. The molecule has 3 heteroatoms. The summed E-state index contributed by atoms with van der Waals surface area (Å²) in [5, 5.41) is 4.18. The van der Waals surface area contributed by atoms with Gasteiger partial charge >= 0.3 is 0 Å². The number of rotatable bonds is 6. The molecule has 1 aromatic heterocycles. The van der Waals surface area contributed by atoms with Gasteiger partial charge in [-0.2, -0.15) is 0 Å². The van der Waals surface area contributed by atoms with Gasteiger partial charge in [0.25, 0.3) is 0 Å². The van der Waals surface area contributed by atoms with Crippen LogP contribution in [-0.2, 0) is 6.42 Å². The van der Waals surface area contributed by atoms with Gasteiger partial charge in [0.1, 0.15) is 0 Å². The zero-order chi connectivity index (χ0) is 13.5. The van der Waals surface area contributed by atoms with Crippen LogP contribution >= 0.6 is 11.6 Å². The summed E-state index contributed by atoms with van der Waals surface area (Å²) in [4.78, 5) is 4.04. The van der Waals surface area contributed by atoms with Gasteiger partial charge in [0.15, 0.2) is 0 Å². The Bertz CT molecular complexity index is 499. The lowest BCUT2D eigenvalue weighted by molar-refractivity contribution is 0.595. The van der Waals surface area contributed by atoms with E-state index < -0.39 is 0 Å². The molecule has 19 heavy (non-hydrogen) atoms. The largest absolute Gasteiger partial charge is 0.316 e. The molecule has 1 aromatic carbocycles. The maximum absolute atomic E-state index is 6.21. The number of hydrogen-bond donors (Lipinski definition) is 1. The van der Waals surface area contributed by atoms with Gasteiger partial charge in [-0.25, -0.2) is 0 Å². The van der Waals surface area contributed by atoms with Crippen molar-refractivity contribution in [3.05, 3.63) is 64.9 Å². The Balaban J connectivity index is 2.17. The second kappa shape index (κ2) is 7.27. The Morgan fingerprint density at radius 2 is 2.00 bits per heavy atom. The third-order valence-corrected chi connectivity index (χ3v) is 3.57. The first-order chi connectivity index (χ1) is 9.31. The third kappa shape index (κ3) is 4.05. The molecule has 0 fully saturated rings. The molecular weight excluding hydrogens is 256 g/mol. The SMILES string of the molecule is CCNCC(Cc1ccncc1Cl)c1ccccc1.